The first kappa shape index (κ1) is 29.5. The van der Waals surface area contributed by atoms with E-state index in [1.54, 1.807) is 18.2 Å². The van der Waals surface area contributed by atoms with E-state index in [0.717, 1.165) is 5.56 Å². The molecule has 6 atom stereocenters. The van der Waals surface area contributed by atoms with Gasteiger partial charge >= 0.3 is 0 Å². The first-order chi connectivity index (χ1) is 17.9. The van der Waals surface area contributed by atoms with E-state index in [1.165, 1.54) is 37.7 Å². The van der Waals surface area contributed by atoms with Crippen molar-refractivity contribution in [1.82, 2.24) is 15.1 Å². The summed E-state index contributed by atoms with van der Waals surface area (Å²) in [5.74, 6) is -1.23. The summed E-state index contributed by atoms with van der Waals surface area (Å²) in [5.41, 5.74) is 5.30. The van der Waals surface area contributed by atoms with Gasteiger partial charge in [-0.2, -0.15) is 0 Å². The van der Waals surface area contributed by atoms with E-state index in [4.69, 9.17) is 10.5 Å². The maximum absolute atomic E-state index is 14.0. The first-order valence-corrected chi connectivity index (χ1v) is 13.1. The number of rotatable bonds is 10. The molecule has 3 amide bonds. The van der Waals surface area contributed by atoms with Crippen LogP contribution in [0.25, 0.3) is 0 Å². The van der Waals surface area contributed by atoms with Crippen LogP contribution in [0.5, 0.6) is 5.75 Å². The fraction of sp³-hybridized carbons (Fsp3) is 0.630. The number of nitrogens with zero attached hydrogens (tertiary/aromatic N) is 2. The van der Waals surface area contributed by atoms with Gasteiger partial charge in [0, 0.05) is 19.5 Å². The Kier molecular flexibility index (Phi) is 9.50. The fourth-order valence-corrected chi connectivity index (χ4v) is 5.52. The fourth-order valence-electron chi connectivity index (χ4n) is 5.52. The summed E-state index contributed by atoms with van der Waals surface area (Å²) in [6.07, 6.45) is -0.176. The molecule has 1 aromatic carbocycles. The summed E-state index contributed by atoms with van der Waals surface area (Å²) in [6, 6.07) is 4.10. The molecule has 5 N–H and O–H groups in total. The number of nitrogens with two attached hydrogens (primary N) is 1. The summed E-state index contributed by atoms with van der Waals surface area (Å²) >= 11 is 0. The zero-order valence-corrected chi connectivity index (χ0v) is 22.6. The summed E-state index contributed by atoms with van der Waals surface area (Å²) in [7, 11) is 1.54. The molecule has 11 heteroatoms. The number of hydrogen-bond donors (Lipinski definition) is 4. The van der Waals surface area contributed by atoms with Gasteiger partial charge in [0.2, 0.25) is 17.7 Å². The van der Waals surface area contributed by atoms with Gasteiger partial charge in [-0.15, -0.1) is 0 Å². The number of aliphatic hydroxyl groups excluding tert-OH is 2. The number of aliphatic hydroxyl groups is 2. The van der Waals surface area contributed by atoms with Crippen molar-refractivity contribution < 1.29 is 34.1 Å². The molecule has 210 valence electrons. The highest BCUT2D eigenvalue weighted by atomic mass is 16.5. The lowest BCUT2D eigenvalue weighted by molar-refractivity contribution is -0.152. The van der Waals surface area contributed by atoms with Crippen molar-refractivity contribution in [3.05, 3.63) is 29.8 Å². The number of amides is 3. The van der Waals surface area contributed by atoms with E-state index in [9.17, 15) is 29.4 Å². The van der Waals surface area contributed by atoms with Crippen molar-refractivity contribution in [2.75, 3.05) is 20.2 Å². The maximum Gasteiger partial charge on any atom is 0.246 e. The number of ketones is 1. The third-order valence-corrected chi connectivity index (χ3v) is 7.64. The van der Waals surface area contributed by atoms with Crippen LogP contribution in [0.1, 0.15) is 52.0 Å². The van der Waals surface area contributed by atoms with Gasteiger partial charge < -0.3 is 35.8 Å². The molecule has 11 nitrogen and oxygen atoms in total. The summed E-state index contributed by atoms with van der Waals surface area (Å²) < 4.78 is 5.34. The number of methoxy groups -OCH3 is 1. The number of likely N-dealkylation sites (tertiary alicyclic amines) is 2. The highest BCUT2D eigenvalue weighted by Gasteiger charge is 2.53. The molecule has 1 aromatic rings. The molecule has 2 fully saturated rings. The molecule has 2 aliphatic rings. The zero-order valence-electron chi connectivity index (χ0n) is 22.6. The molecule has 0 unspecified atom stereocenters. The van der Waals surface area contributed by atoms with Gasteiger partial charge in [0.1, 0.15) is 29.4 Å². The molecule has 0 saturated carbocycles. The monoisotopic (exact) mass is 532 g/mol. The van der Waals surface area contributed by atoms with Crippen molar-refractivity contribution in [2.24, 2.45) is 5.73 Å². The van der Waals surface area contributed by atoms with Crippen molar-refractivity contribution in [3.8, 4) is 5.75 Å². The van der Waals surface area contributed by atoms with E-state index in [1.807, 2.05) is 6.07 Å². The SMILES string of the molecule is COc1cccc(C[C@@]2(C(=O)N[C@H](C(C)=O)[C@@H](C)O)CCCN2C(=O)[C@@H]2CCCN2C(=O)[C@@H](N)[C@@H](C)O)c1. The second-order valence-electron chi connectivity index (χ2n) is 10.4. The number of nitrogens with one attached hydrogen (secondary N) is 1. The largest absolute Gasteiger partial charge is 0.497 e. The zero-order chi connectivity index (χ0) is 28.2. The molecule has 0 spiro atoms. The lowest BCUT2D eigenvalue weighted by Gasteiger charge is -2.41. The van der Waals surface area contributed by atoms with Crippen LogP contribution in [0, 0.1) is 0 Å². The average molecular weight is 533 g/mol. The normalized spacial score (nSPS) is 24.4. The molecule has 2 saturated heterocycles. The van der Waals surface area contributed by atoms with Gasteiger partial charge in [-0.25, -0.2) is 0 Å². The van der Waals surface area contributed by atoms with Crippen molar-refractivity contribution in [1.29, 1.82) is 0 Å². The Morgan fingerprint density at radius 1 is 1.16 bits per heavy atom. The van der Waals surface area contributed by atoms with E-state index in [0.29, 0.717) is 38.0 Å². The van der Waals surface area contributed by atoms with Gasteiger partial charge in [0.25, 0.3) is 0 Å². The Bertz CT molecular complexity index is 1050. The van der Waals surface area contributed by atoms with Crippen LogP contribution < -0.4 is 15.8 Å². The molecule has 3 rings (SSSR count). The second-order valence-corrected chi connectivity index (χ2v) is 10.4. The minimum absolute atomic E-state index is 0.153. The van der Waals surface area contributed by atoms with Gasteiger partial charge in [0.15, 0.2) is 5.78 Å². The lowest BCUT2D eigenvalue weighted by atomic mass is 9.85. The van der Waals surface area contributed by atoms with Crippen LogP contribution in [0.15, 0.2) is 24.3 Å². The molecule has 2 heterocycles. The maximum atomic E-state index is 14.0. The standard InChI is InChI=1S/C27H40N4O7/c1-16(32)22(28)25(36)30-12-6-10-21(30)24(35)31-13-7-11-27(31,15-19-8-5-9-20(14-19)38-4)26(37)29-23(17(2)33)18(3)34/h5,8-9,14,16-17,21-23,32-33H,6-7,10-13,15,28H2,1-4H3,(H,29,37)/t16-,17-,21+,22+,23+,27-/m1/s1. The average Bonchev–Trinajstić information content (AvgIpc) is 3.53. The molecular weight excluding hydrogens is 492 g/mol. The number of carbonyl (C=O) groups is 4. The molecule has 0 aliphatic carbocycles. The van der Waals surface area contributed by atoms with Crippen LogP contribution in [-0.2, 0) is 25.6 Å². The Morgan fingerprint density at radius 2 is 1.87 bits per heavy atom. The van der Waals surface area contributed by atoms with Crippen molar-refractivity contribution >= 4 is 23.5 Å². The number of Topliss-reactive ketones (excluding diaryl/α,β-unsaturated/α-hetero) is 1. The first-order valence-electron chi connectivity index (χ1n) is 13.1. The van der Waals surface area contributed by atoms with Gasteiger partial charge in [-0.05, 0) is 64.2 Å². The predicted molar refractivity (Wildman–Crippen MR) is 139 cm³/mol. The third-order valence-electron chi connectivity index (χ3n) is 7.64. The molecule has 2 aliphatic heterocycles. The third kappa shape index (κ3) is 6.00. The summed E-state index contributed by atoms with van der Waals surface area (Å²) in [5, 5.41) is 22.7. The van der Waals surface area contributed by atoms with Crippen LogP contribution in [0.2, 0.25) is 0 Å². The minimum Gasteiger partial charge on any atom is -0.497 e. The highest BCUT2D eigenvalue weighted by molar-refractivity contribution is 5.98. The van der Waals surface area contributed by atoms with Crippen molar-refractivity contribution in [3.63, 3.8) is 0 Å². The number of ether oxygens (including phenoxy) is 1. The van der Waals surface area contributed by atoms with Crippen LogP contribution in [-0.4, -0.2) is 99.6 Å². The molecular formula is C27H40N4O7. The number of hydrogen-bond acceptors (Lipinski definition) is 8. The number of carbonyl (C=O) groups excluding carboxylic acids is 4. The lowest BCUT2D eigenvalue weighted by Crippen LogP contribution is -2.64. The molecule has 0 aromatic heterocycles. The smallest absolute Gasteiger partial charge is 0.246 e. The Hall–Kier alpha value is -3.02. The molecule has 38 heavy (non-hydrogen) atoms. The minimum atomic E-state index is -1.35. The predicted octanol–water partition coefficient (Wildman–Crippen LogP) is -0.247. The summed E-state index contributed by atoms with van der Waals surface area (Å²) in [4.78, 5) is 56.1. The van der Waals surface area contributed by atoms with E-state index >= 15 is 0 Å². The highest BCUT2D eigenvalue weighted by Crippen LogP contribution is 2.36. The van der Waals surface area contributed by atoms with Gasteiger partial charge in [-0.1, -0.05) is 12.1 Å². The Morgan fingerprint density at radius 3 is 2.47 bits per heavy atom. The van der Waals surface area contributed by atoms with Gasteiger partial charge in [0.05, 0.1) is 19.3 Å². The van der Waals surface area contributed by atoms with E-state index in [-0.39, 0.29) is 18.9 Å². The number of benzene rings is 1. The quantitative estimate of drug-likeness (QED) is 0.321. The molecule has 0 radical (unpaired) electrons. The van der Waals surface area contributed by atoms with Crippen LogP contribution in [0.3, 0.4) is 0 Å². The Labute approximate surface area is 223 Å². The van der Waals surface area contributed by atoms with Crippen molar-refractivity contribution in [2.45, 2.75) is 88.7 Å². The topological polar surface area (TPSA) is 162 Å². The summed E-state index contributed by atoms with van der Waals surface area (Å²) in [6.45, 7) is 4.75. The Balaban J connectivity index is 1.99. The van der Waals surface area contributed by atoms with Crippen LogP contribution in [0.4, 0.5) is 0 Å². The van der Waals surface area contributed by atoms with Crippen LogP contribution >= 0.6 is 0 Å². The van der Waals surface area contributed by atoms with E-state index < -0.39 is 53.5 Å². The second kappa shape index (κ2) is 12.2. The van der Waals surface area contributed by atoms with E-state index in [2.05, 4.69) is 5.32 Å². The molecule has 0 bridgehead atoms. The van der Waals surface area contributed by atoms with Gasteiger partial charge in [-0.3, -0.25) is 19.2 Å².